The van der Waals surface area contributed by atoms with E-state index in [0.717, 1.165) is 38.5 Å². The van der Waals surface area contributed by atoms with Crippen LogP contribution in [0.5, 0.6) is 0 Å². The largest absolute Gasteiger partial charge is 0.481 e. The molecule has 0 saturated heterocycles. The van der Waals surface area contributed by atoms with Crippen molar-refractivity contribution in [1.29, 1.82) is 0 Å². The Kier molecular flexibility index (Phi) is 26.9. The SMILES string of the molecule is CCCCCCCCCCCCC(O)CN(CCC(=O)O)CC(O)CCCCCCCCCCCC. The van der Waals surface area contributed by atoms with Gasteiger partial charge in [0.1, 0.15) is 0 Å². The van der Waals surface area contributed by atoms with Gasteiger partial charge in [0.15, 0.2) is 0 Å². The molecule has 0 spiro atoms. The monoisotopic (exact) mass is 513 g/mol. The van der Waals surface area contributed by atoms with Crippen LogP contribution in [0.3, 0.4) is 0 Å². The molecule has 3 N–H and O–H groups in total. The van der Waals surface area contributed by atoms with Crippen LogP contribution >= 0.6 is 0 Å². The van der Waals surface area contributed by atoms with Crippen LogP contribution < -0.4 is 0 Å². The van der Waals surface area contributed by atoms with Gasteiger partial charge < -0.3 is 15.3 Å². The van der Waals surface area contributed by atoms with Crippen molar-refractivity contribution in [3.8, 4) is 0 Å². The molecule has 0 aliphatic rings. The van der Waals surface area contributed by atoms with E-state index in [1.807, 2.05) is 4.90 Å². The fourth-order valence-electron chi connectivity index (χ4n) is 5.02. The Hall–Kier alpha value is -0.650. The summed E-state index contributed by atoms with van der Waals surface area (Å²) in [6.45, 7) is 5.81. The number of aliphatic hydroxyl groups excluding tert-OH is 2. The third-order valence-electron chi connectivity index (χ3n) is 7.36. The summed E-state index contributed by atoms with van der Waals surface area (Å²) in [5, 5.41) is 30.1. The van der Waals surface area contributed by atoms with Crippen molar-refractivity contribution in [3.63, 3.8) is 0 Å². The van der Waals surface area contributed by atoms with Crippen LogP contribution in [0.15, 0.2) is 0 Å². The second-order valence-electron chi connectivity index (χ2n) is 11.2. The number of hydrogen-bond donors (Lipinski definition) is 3. The molecule has 36 heavy (non-hydrogen) atoms. The van der Waals surface area contributed by atoms with E-state index < -0.39 is 18.2 Å². The third kappa shape index (κ3) is 26.4. The second-order valence-corrected chi connectivity index (χ2v) is 11.2. The van der Waals surface area contributed by atoms with Crippen LogP contribution in [0.1, 0.15) is 162 Å². The van der Waals surface area contributed by atoms with E-state index in [4.69, 9.17) is 5.11 Å². The van der Waals surface area contributed by atoms with Crippen molar-refractivity contribution in [2.24, 2.45) is 0 Å². The lowest BCUT2D eigenvalue weighted by Gasteiger charge is -2.27. The van der Waals surface area contributed by atoms with E-state index in [-0.39, 0.29) is 6.42 Å². The molecular formula is C31H63NO4. The van der Waals surface area contributed by atoms with Crippen molar-refractivity contribution in [2.45, 2.75) is 174 Å². The molecule has 0 bridgehead atoms. The Bertz CT molecular complexity index is 428. The number of aliphatic carboxylic acids is 1. The van der Waals surface area contributed by atoms with Gasteiger partial charge in [-0.25, -0.2) is 0 Å². The first-order chi connectivity index (χ1) is 17.5. The molecule has 0 aromatic heterocycles. The highest BCUT2D eigenvalue weighted by atomic mass is 16.4. The van der Waals surface area contributed by atoms with E-state index in [2.05, 4.69) is 13.8 Å². The van der Waals surface area contributed by atoms with Crippen LogP contribution in [-0.2, 0) is 4.79 Å². The molecule has 0 aromatic rings. The number of rotatable bonds is 29. The van der Waals surface area contributed by atoms with Crippen LogP contribution in [0.4, 0.5) is 0 Å². The van der Waals surface area contributed by atoms with E-state index >= 15 is 0 Å². The minimum atomic E-state index is -0.826. The number of hydrogen-bond acceptors (Lipinski definition) is 4. The molecule has 0 rings (SSSR count). The zero-order chi connectivity index (χ0) is 26.7. The fourth-order valence-corrected chi connectivity index (χ4v) is 5.02. The Morgan fingerprint density at radius 1 is 0.556 bits per heavy atom. The third-order valence-corrected chi connectivity index (χ3v) is 7.36. The molecule has 0 amide bonds. The van der Waals surface area contributed by atoms with E-state index in [1.54, 1.807) is 0 Å². The van der Waals surface area contributed by atoms with Crippen molar-refractivity contribution >= 4 is 5.97 Å². The quantitative estimate of drug-likeness (QED) is 0.0880. The average Bonchev–Trinajstić information content (AvgIpc) is 2.84. The van der Waals surface area contributed by atoms with Crippen LogP contribution in [-0.4, -0.2) is 58.0 Å². The highest BCUT2D eigenvalue weighted by molar-refractivity contribution is 5.66. The lowest BCUT2D eigenvalue weighted by Crippen LogP contribution is -2.39. The Morgan fingerprint density at radius 2 is 0.861 bits per heavy atom. The summed E-state index contributed by atoms with van der Waals surface area (Å²) in [7, 11) is 0. The normalized spacial score (nSPS) is 13.4. The predicted octanol–water partition coefficient (Wildman–Crippen LogP) is 8.11. The molecule has 0 heterocycles. The molecule has 216 valence electrons. The van der Waals surface area contributed by atoms with Crippen LogP contribution in [0.2, 0.25) is 0 Å². The van der Waals surface area contributed by atoms with Crippen molar-refractivity contribution in [2.75, 3.05) is 19.6 Å². The molecule has 0 saturated carbocycles. The van der Waals surface area contributed by atoms with Gasteiger partial charge in [0.2, 0.25) is 0 Å². The zero-order valence-electron chi connectivity index (χ0n) is 24.2. The maximum absolute atomic E-state index is 11.1. The molecule has 0 fully saturated rings. The molecule has 0 aliphatic heterocycles. The number of carboxylic acid groups (broad SMARTS) is 1. The molecule has 5 heteroatoms. The smallest absolute Gasteiger partial charge is 0.304 e. The van der Waals surface area contributed by atoms with E-state index in [0.29, 0.717) is 19.6 Å². The molecule has 2 atom stereocenters. The van der Waals surface area contributed by atoms with Gasteiger partial charge in [0.25, 0.3) is 0 Å². The van der Waals surface area contributed by atoms with Gasteiger partial charge in [-0.2, -0.15) is 0 Å². The zero-order valence-corrected chi connectivity index (χ0v) is 24.2. The predicted molar refractivity (Wildman–Crippen MR) is 154 cm³/mol. The maximum Gasteiger partial charge on any atom is 0.304 e. The molecule has 0 aromatic carbocycles. The highest BCUT2D eigenvalue weighted by Crippen LogP contribution is 2.14. The molecular weight excluding hydrogens is 450 g/mol. The van der Waals surface area contributed by atoms with Gasteiger partial charge in [-0.05, 0) is 12.8 Å². The van der Waals surface area contributed by atoms with Gasteiger partial charge in [0.05, 0.1) is 18.6 Å². The molecule has 5 nitrogen and oxygen atoms in total. The first-order valence-corrected chi connectivity index (χ1v) is 15.8. The number of carbonyl (C=O) groups is 1. The molecule has 0 aliphatic carbocycles. The summed E-state index contributed by atoms with van der Waals surface area (Å²) in [6.07, 6.45) is 26.2. The standard InChI is InChI=1S/C31H63NO4/c1-3-5-7-9-11-13-15-17-19-21-23-29(33)27-32(26-25-31(35)36)28-30(34)24-22-20-18-16-14-12-10-8-6-4-2/h29-30,33-34H,3-28H2,1-2H3,(H,35,36). The van der Waals surface area contributed by atoms with Crippen molar-refractivity contribution in [3.05, 3.63) is 0 Å². The van der Waals surface area contributed by atoms with Gasteiger partial charge in [-0.3, -0.25) is 9.69 Å². The summed E-state index contributed by atoms with van der Waals surface area (Å²) in [5.74, 6) is -0.826. The highest BCUT2D eigenvalue weighted by Gasteiger charge is 2.16. The number of carboxylic acids is 1. The lowest BCUT2D eigenvalue weighted by molar-refractivity contribution is -0.137. The van der Waals surface area contributed by atoms with Crippen LogP contribution in [0, 0.1) is 0 Å². The Balaban J connectivity index is 3.94. The first kappa shape index (κ1) is 35.4. The summed E-state index contributed by atoms with van der Waals surface area (Å²) in [5.41, 5.74) is 0. The van der Waals surface area contributed by atoms with Gasteiger partial charge >= 0.3 is 5.97 Å². The van der Waals surface area contributed by atoms with Crippen LogP contribution in [0.25, 0.3) is 0 Å². The minimum Gasteiger partial charge on any atom is -0.481 e. The van der Waals surface area contributed by atoms with Gasteiger partial charge in [0, 0.05) is 19.6 Å². The summed E-state index contributed by atoms with van der Waals surface area (Å²) >= 11 is 0. The number of unbranched alkanes of at least 4 members (excludes halogenated alkanes) is 18. The van der Waals surface area contributed by atoms with Crippen molar-refractivity contribution in [1.82, 2.24) is 4.90 Å². The lowest BCUT2D eigenvalue weighted by atomic mass is 10.0. The molecule has 2 unspecified atom stereocenters. The minimum absolute atomic E-state index is 0.0515. The Morgan fingerprint density at radius 3 is 1.17 bits per heavy atom. The van der Waals surface area contributed by atoms with Crippen molar-refractivity contribution < 1.29 is 20.1 Å². The summed E-state index contributed by atoms with van der Waals surface area (Å²) in [6, 6.07) is 0. The maximum atomic E-state index is 11.1. The topological polar surface area (TPSA) is 81.0 Å². The summed E-state index contributed by atoms with van der Waals surface area (Å²) in [4.78, 5) is 13.0. The fraction of sp³-hybridized carbons (Fsp3) is 0.968. The van der Waals surface area contributed by atoms with Gasteiger partial charge in [-0.1, -0.05) is 142 Å². The second kappa shape index (κ2) is 27.4. The Labute approximate surface area is 224 Å². The van der Waals surface area contributed by atoms with E-state index in [1.165, 1.54) is 103 Å². The first-order valence-electron chi connectivity index (χ1n) is 15.8. The number of aliphatic hydroxyl groups is 2. The van der Waals surface area contributed by atoms with Gasteiger partial charge in [-0.15, -0.1) is 0 Å². The van der Waals surface area contributed by atoms with E-state index in [9.17, 15) is 15.0 Å². The summed E-state index contributed by atoms with van der Waals surface area (Å²) < 4.78 is 0. The number of nitrogens with zero attached hydrogens (tertiary/aromatic N) is 1. The molecule has 0 radical (unpaired) electrons. The average molecular weight is 514 g/mol.